The second-order valence-electron chi connectivity index (χ2n) is 5.96. The van der Waals surface area contributed by atoms with E-state index in [-0.39, 0.29) is 0 Å². The third-order valence-electron chi connectivity index (χ3n) is 5.09. The molecule has 0 aliphatic heterocycles. The zero-order valence-corrected chi connectivity index (χ0v) is 9.74. The first kappa shape index (κ1) is 9.45. The quantitative estimate of drug-likeness (QED) is 0.636. The van der Waals surface area contributed by atoms with Gasteiger partial charge in [0.25, 0.3) is 0 Å². The summed E-state index contributed by atoms with van der Waals surface area (Å²) in [5.74, 6) is 2.76. The van der Waals surface area contributed by atoms with Crippen molar-refractivity contribution in [2.75, 3.05) is 0 Å². The molecule has 2 fully saturated rings. The summed E-state index contributed by atoms with van der Waals surface area (Å²) in [4.78, 5) is 0. The number of rotatable bonds is 1. The van der Waals surface area contributed by atoms with E-state index < -0.39 is 0 Å². The third kappa shape index (κ3) is 1.27. The minimum absolute atomic E-state index is 0.598. The molecule has 1 aromatic carbocycles. The number of hydrogen-bond donors (Lipinski definition) is 0. The van der Waals surface area contributed by atoms with E-state index in [1.54, 1.807) is 5.56 Å². The predicted molar refractivity (Wildman–Crippen MR) is 63.8 cm³/mol. The van der Waals surface area contributed by atoms with Crippen LogP contribution in [0.2, 0.25) is 0 Å². The molecule has 2 unspecified atom stereocenters. The first-order valence-electron chi connectivity index (χ1n) is 6.24. The molecule has 0 heteroatoms. The topological polar surface area (TPSA) is 0 Å². The lowest BCUT2D eigenvalue weighted by Gasteiger charge is -2.27. The highest BCUT2D eigenvalue weighted by Crippen LogP contribution is 2.63. The molecule has 0 aromatic heterocycles. The maximum Gasteiger partial charge on any atom is -0.0126 e. The highest BCUT2D eigenvalue weighted by Gasteiger charge is 2.53. The fraction of sp³-hybridized carbons (Fsp3) is 0.600. The third-order valence-corrected chi connectivity index (χ3v) is 5.09. The van der Waals surface area contributed by atoms with Gasteiger partial charge in [0, 0.05) is 0 Å². The van der Waals surface area contributed by atoms with Crippen LogP contribution in [-0.4, -0.2) is 0 Å². The molecule has 2 bridgehead atoms. The van der Waals surface area contributed by atoms with Gasteiger partial charge in [-0.2, -0.15) is 0 Å². The van der Waals surface area contributed by atoms with Crippen LogP contribution in [0.1, 0.15) is 44.6 Å². The van der Waals surface area contributed by atoms with E-state index in [9.17, 15) is 0 Å². The summed E-state index contributed by atoms with van der Waals surface area (Å²) in [6.45, 7) is 4.97. The molecule has 3 rings (SSSR count). The zero-order valence-electron chi connectivity index (χ0n) is 9.74. The SMILES string of the molecule is CC1(C)C2CCC1[C@@H](c1ccccc1)C2. The molecular formula is C15H20. The van der Waals surface area contributed by atoms with E-state index >= 15 is 0 Å². The average molecular weight is 200 g/mol. The van der Waals surface area contributed by atoms with E-state index in [2.05, 4.69) is 44.2 Å². The van der Waals surface area contributed by atoms with Crippen LogP contribution < -0.4 is 0 Å². The van der Waals surface area contributed by atoms with Crippen molar-refractivity contribution in [3.63, 3.8) is 0 Å². The lowest BCUT2D eigenvalue weighted by molar-refractivity contribution is 0.253. The molecule has 15 heavy (non-hydrogen) atoms. The van der Waals surface area contributed by atoms with Crippen LogP contribution >= 0.6 is 0 Å². The monoisotopic (exact) mass is 200 g/mol. The maximum absolute atomic E-state index is 2.48. The molecule has 0 N–H and O–H groups in total. The smallest absolute Gasteiger partial charge is 0.0126 e. The van der Waals surface area contributed by atoms with E-state index in [1.807, 2.05) is 0 Å². The molecule has 2 aliphatic rings. The van der Waals surface area contributed by atoms with Gasteiger partial charge >= 0.3 is 0 Å². The molecule has 2 saturated carbocycles. The van der Waals surface area contributed by atoms with Crippen LogP contribution in [0, 0.1) is 17.3 Å². The Morgan fingerprint density at radius 2 is 1.80 bits per heavy atom. The highest BCUT2D eigenvalue weighted by atomic mass is 14.6. The van der Waals surface area contributed by atoms with Crippen molar-refractivity contribution in [3.8, 4) is 0 Å². The van der Waals surface area contributed by atoms with Crippen LogP contribution in [0.5, 0.6) is 0 Å². The summed E-state index contributed by atoms with van der Waals surface area (Å²) in [6, 6.07) is 11.1. The Morgan fingerprint density at radius 3 is 2.33 bits per heavy atom. The van der Waals surface area contributed by atoms with Crippen molar-refractivity contribution in [2.24, 2.45) is 17.3 Å². The molecule has 0 radical (unpaired) electrons. The van der Waals surface area contributed by atoms with E-state index in [1.165, 1.54) is 19.3 Å². The first-order chi connectivity index (χ1) is 7.19. The van der Waals surface area contributed by atoms with Crippen LogP contribution in [-0.2, 0) is 0 Å². The van der Waals surface area contributed by atoms with Gasteiger partial charge in [0.05, 0.1) is 0 Å². The van der Waals surface area contributed by atoms with Crippen molar-refractivity contribution < 1.29 is 0 Å². The van der Waals surface area contributed by atoms with E-state index in [4.69, 9.17) is 0 Å². The summed E-state index contributed by atoms with van der Waals surface area (Å²) in [5, 5.41) is 0. The Labute approximate surface area is 92.7 Å². The van der Waals surface area contributed by atoms with Crippen LogP contribution in [0.25, 0.3) is 0 Å². The second-order valence-corrected chi connectivity index (χ2v) is 5.96. The molecule has 3 atom stereocenters. The largest absolute Gasteiger partial charge is 0.0622 e. The zero-order chi connectivity index (χ0) is 10.5. The van der Waals surface area contributed by atoms with Crippen molar-refractivity contribution in [1.82, 2.24) is 0 Å². The van der Waals surface area contributed by atoms with Crippen molar-refractivity contribution >= 4 is 0 Å². The van der Waals surface area contributed by atoms with E-state index in [0.29, 0.717) is 5.41 Å². The second kappa shape index (κ2) is 3.10. The molecule has 0 amide bonds. The molecular weight excluding hydrogens is 180 g/mol. The van der Waals surface area contributed by atoms with Gasteiger partial charge < -0.3 is 0 Å². The summed E-state index contributed by atoms with van der Waals surface area (Å²) < 4.78 is 0. The molecule has 80 valence electrons. The van der Waals surface area contributed by atoms with Crippen LogP contribution in [0.4, 0.5) is 0 Å². The predicted octanol–water partition coefficient (Wildman–Crippen LogP) is 4.23. The molecule has 0 saturated heterocycles. The summed E-state index contributed by atoms with van der Waals surface area (Å²) in [7, 11) is 0. The van der Waals surface area contributed by atoms with Gasteiger partial charge in [-0.25, -0.2) is 0 Å². The number of fused-ring (bicyclic) bond motifs is 2. The normalized spacial score (nSPS) is 37.1. The molecule has 0 heterocycles. The maximum atomic E-state index is 2.48. The van der Waals surface area contributed by atoms with Crippen LogP contribution in [0.15, 0.2) is 30.3 Å². The van der Waals surface area contributed by atoms with Crippen molar-refractivity contribution in [1.29, 1.82) is 0 Å². The summed E-state index contributed by atoms with van der Waals surface area (Å²) in [6.07, 6.45) is 4.36. The Morgan fingerprint density at radius 1 is 1.07 bits per heavy atom. The van der Waals surface area contributed by atoms with Gasteiger partial charge in [-0.05, 0) is 48.0 Å². The Hall–Kier alpha value is -0.780. The van der Waals surface area contributed by atoms with Gasteiger partial charge in [0.1, 0.15) is 0 Å². The van der Waals surface area contributed by atoms with Crippen molar-refractivity contribution in [3.05, 3.63) is 35.9 Å². The minimum atomic E-state index is 0.598. The average Bonchev–Trinajstić information content (AvgIpc) is 2.69. The van der Waals surface area contributed by atoms with Gasteiger partial charge in [0.2, 0.25) is 0 Å². The van der Waals surface area contributed by atoms with Gasteiger partial charge in [0.15, 0.2) is 0 Å². The number of benzene rings is 1. The standard InChI is InChI=1S/C15H20/c1-15(2)12-8-9-14(15)13(10-12)11-6-4-3-5-7-11/h3-7,12-14H,8-10H2,1-2H3/t12?,13-,14?/m1/s1. The highest BCUT2D eigenvalue weighted by molar-refractivity contribution is 5.25. The van der Waals surface area contributed by atoms with Crippen molar-refractivity contribution in [2.45, 2.75) is 39.0 Å². The molecule has 0 spiro atoms. The molecule has 2 aliphatic carbocycles. The fourth-order valence-corrected chi connectivity index (χ4v) is 4.11. The Kier molecular flexibility index (Phi) is 1.95. The molecule has 1 aromatic rings. The first-order valence-corrected chi connectivity index (χ1v) is 6.24. The van der Waals surface area contributed by atoms with Gasteiger partial charge in [-0.15, -0.1) is 0 Å². The molecule has 0 nitrogen and oxygen atoms in total. The number of hydrogen-bond acceptors (Lipinski definition) is 0. The van der Waals surface area contributed by atoms with Gasteiger partial charge in [-0.1, -0.05) is 44.2 Å². The Bertz CT molecular complexity index is 350. The Balaban J connectivity index is 1.93. The lowest BCUT2D eigenvalue weighted by Crippen LogP contribution is -2.18. The fourth-order valence-electron chi connectivity index (χ4n) is 4.11. The lowest BCUT2D eigenvalue weighted by atomic mass is 9.78. The van der Waals surface area contributed by atoms with E-state index in [0.717, 1.165) is 17.8 Å². The minimum Gasteiger partial charge on any atom is -0.0622 e. The summed E-state index contributed by atoms with van der Waals surface area (Å²) >= 11 is 0. The van der Waals surface area contributed by atoms with Crippen LogP contribution in [0.3, 0.4) is 0 Å². The van der Waals surface area contributed by atoms with Gasteiger partial charge in [-0.3, -0.25) is 0 Å². The summed E-state index contributed by atoms with van der Waals surface area (Å²) in [5.41, 5.74) is 2.18.